The zero-order valence-electron chi connectivity index (χ0n) is 14.3. The lowest BCUT2D eigenvalue weighted by Crippen LogP contribution is -2.17. The fourth-order valence-corrected chi connectivity index (χ4v) is 5.59. The lowest BCUT2D eigenvalue weighted by atomic mass is 10.1. The van der Waals surface area contributed by atoms with Gasteiger partial charge in [-0.25, -0.2) is 8.42 Å². The molecule has 1 saturated heterocycles. The number of carbonyl (C=O) groups excluding carboxylic acids is 1. The van der Waals surface area contributed by atoms with Crippen LogP contribution in [0.4, 0.5) is 5.13 Å². The van der Waals surface area contributed by atoms with Crippen molar-refractivity contribution in [3.05, 3.63) is 5.01 Å². The molecule has 1 aromatic rings. The molecule has 1 atom stereocenters. The van der Waals surface area contributed by atoms with Crippen molar-refractivity contribution in [1.82, 2.24) is 10.2 Å². The number of aromatic nitrogens is 2. The first kappa shape index (κ1) is 19.3. The predicted molar refractivity (Wildman–Crippen MR) is 97.0 cm³/mol. The summed E-state index contributed by atoms with van der Waals surface area (Å²) in [5, 5.41) is 12.3. The van der Waals surface area contributed by atoms with Gasteiger partial charge >= 0.3 is 0 Å². The summed E-state index contributed by atoms with van der Waals surface area (Å²) in [5.74, 6) is 0.0938. The standard InChI is InChI=1S/C16H27N3O3S2/c1-2-3-4-5-6-7-8-15-18-19-16(23-15)17-14(20)11-13-9-10-24(21,22)12-13/h13H,2-12H2,1H3,(H,17,19,20). The molecule has 2 heterocycles. The first-order valence-corrected chi connectivity index (χ1v) is 11.4. The van der Waals surface area contributed by atoms with Gasteiger partial charge in [-0.1, -0.05) is 50.4 Å². The third-order valence-corrected chi connectivity index (χ3v) is 6.99. The largest absolute Gasteiger partial charge is 0.301 e. The number of hydrogen-bond donors (Lipinski definition) is 1. The molecule has 1 aliphatic rings. The molecule has 2 rings (SSSR count). The number of anilines is 1. The first-order valence-electron chi connectivity index (χ1n) is 8.81. The van der Waals surface area contributed by atoms with Crippen LogP contribution >= 0.6 is 11.3 Å². The van der Waals surface area contributed by atoms with Crippen molar-refractivity contribution in [3.8, 4) is 0 Å². The van der Waals surface area contributed by atoms with Crippen LogP contribution in [0.5, 0.6) is 0 Å². The molecule has 0 saturated carbocycles. The molecule has 1 unspecified atom stereocenters. The van der Waals surface area contributed by atoms with Crippen molar-refractivity contribution in [2.75, 3.05) is 16.8 Å². The van der Waals surface area contributed by atoms with Gasteiger partial charge in [0.15, 0.2) is 9.84 Å². The number of sulfone groups is 1. The van der Waals surface area contributed by atoms with Gasteiger partial charge in [-0.05, 0) is 18.8 Å². The summed E-state index contributed by atoms with van der Waals surface area (Å²) in [5.41, 5.74) is 0. The molecule has 0 aromatic carbocycles. The number of carbonyl (C=O) groups is 1. The molecule has 136 valence electrons. The van der Waals surface area contributed by atoms with E-state index in [0.29, 0.717) is 11.6 Å². The fourth-order valence-electron chi connectivity index (χ4n) is 2.93. The number of rotatable bonds is 10. The number of amides is 1. The molecule has 8 heteroatoms. The summed E-state index contributed by atoms with van der Waals surface area (Å²) in [6, 6.07) is 0. The van der Waals surface area contributed by atoms with E-state index in [1.165, 1.54) is 43.4 Å². The Morgan fingerprint density at radius 1 is 1.21 bits per heavy atom. The maximum absolute atomic E-state index is 12.0. The van der Waals surface area contributed by atoms with Crippen molar-refractivity contribution in [2.45, 2.75) is 64.7 Å². The average Bonchev–Trinajstić information content (AvgIpc) is 3.09. The maximum Gasteiger partial charge on any atom is 0.226 e. The Bertz CT molecular complexity index is 628. The molecule has 1 amide bonds. The van der Waals surface area contributed by atoms with Crippen LogP contribution in [0.15, 0.2) is 0 Å². The van der Waals surface area contributed by atoms with E-state index in [0.717, 1.165) is 17.8 Å². The topological polar surface area (TPSA) is 89.0 Å². The van der Waals surface area contributed by atoms with E-state index in [-0.39, 0.29) is 29.8 Å². The third-order valence-electron chi connectivity index (χ3n) is 4.26. The van der Waals surface area contributed by atoms with Crippen LogP contribution in [0.25, 0.3) is 0 Å². The van der Waals surface area contributed by atoms with Crippen molar-refractivity contribution in [2.24, 2.45) is 5.92 Å². The quantitative estimate of drug-likeness (QED) is 0.636. The molecule has 0 radical (unpaired) electrons. The van der Waals surface area contributed by atoms with Gasteiger partial charge in [-0.3, -0.25) is 4.79 Å². The van der Waals surface area contributed by atoms with E-state index in [4.69, 9.17) is 0 Å². The number of unbranched alkanes of at least 4 members (excludes halogenated alkanes) is 5. The molecule has 0 spiro atoms. The third kappa shape index (κ3) is 6.84. The number of aryl methyl sites for hydroxylation is 1. The molecular weight excluding hydrogens is 346 g/mol. The van der Waals surface area contributed by atoms with E-state index in [1.807, 2.05) is 0 Å². The first-order chi connectivity index (χ1) is 11.5. The normalized spacial score (nSPS) is 19.5. The maximum atomic E-state index is 12.0. The monoisotopic (exact) mass is 373 g/mol. The Morgan fingerprint density at radius 2 is 1.96 bits per heavy atom. The van der Waals surface area contributed by atoms with Gasteiger partial charge < -0.3 is 5.32 Å². The second-order valence-corrected chi connectivity index (χ2v) is 9.83. The minimum Gasteiger partial charge on any atom is -0.301 e. The SMILES string of the molecule is CCCCCCCCc1nnc(NC(=O)CC2CCS(=O)(=O)C2)s1. The van der Waals surface area contributed by atoms with Crippen LogP contribution in [0.3, 0.4) is 0 Å². The molecular formula is C16H27N3O3S2. The van der Waals surface area contributed by atoms with E-state index in [1.54, 1.807) is 0 Å². The summed E-state index contributed by atoms with van der Waals surface area (Å²) in [6.07, 6.45) is 9.15. The van der Waals surface area contributed by atoms with Gasteiger partial charge in [0.1, 0.15) is 5.01 Å². The molecule has 1 aromatic heterocycles. The van der Waals surface area contributed by atoms with Gasteiger partial charge in [0, 0.05) is 12.8 Å². The highest BCUT2D eigenvalue weighted by atomic mass is 32.2. The Labute approximate surface area is 148 Å². The minimum absolute atomic E-state index is 0.0643. The van der Waals surface area contributed by atoms with E-state index < -0.39 is 9.84 Å². The zero-order chi connectivity index (χ0) is 17.4. The van der Waals surface area contributed by atoms with Gasteiger partial charge in [-0.15, -0.1) is 10.2 Å². The zero-order valence-corrected chi connectivity index (χ0v) is 15.9. The van der Waals surface area contributed by atoms with E-state index >= 15 is 0 Å². The minimum atomic E-state index is -2.93. The van der Waals surface area contributed by atoms with Crippen molar-refractivity contribution in [1.29, 1.82) is 0 Å². The highest BCUT2D eigenvalue weighted by Crippen LogP contribution is 2.23. The molecule has 0 aliphatic carbocycles. The number of nitrogens with zero attached hydrogens (tertiary/aromatic N) is 2. The number of nitrogens with one attached hydrogen (secondary N) is 1. The van der Waals surface area contributed by atoms with Crippen molar-refractivity contribution < 1.29 is 13.2 Å². The van der Waals surface area contributed by atoms with Crippen LogP contribution in [-0.4, -0.2) is 36.0 Å². The molecule has 1 N–H and O–H groups in total. The molecule has 24 heavy (non-hydrogen) atoms. The smallest absolute Gasteiger partial charge is 0.226 e. The summed E-state index contributed by atoms with van der Waals surface area (Å²) in [7, 11) is -2.93. The van der Waals surface area contributed by atoms with Gasteiger partial charge in [-0.2, -0.15) is 0 Å². The van der Waals surface area contributed by atoms with E-state index in [2.05, 4.69) is 22.4 Å². The van der Waals surface area contributed by atoms with E-state index in [9.17, 15) is 13.2 Å². The lowest BCUT2D eigenvalue weighted by molar-refractivity contribution is -0.116. The molecule has 6 nitrogen and oxygen atoms in total. The van der Waals surface area contributed by atoms with Crippen molar-refractivity contribution in [3.63, 3.8) is 0 Å². The predicted octanol–water partition coefficient (Wildman–Crippen LogP) is 3.20. The van der Waals surface area contributed by atoms with Gasteiger partial charge in [0.2, 0.25) is 11.0 Å². The Kier molecular flexibility index (Phi) is 7.61. The van der Waals surface area contributed by atoms with Gasteiger partial charge in [0.05, 0.1) is 11.5 Å². The van der Waals surface area contributed by atoms with Crippen LogP contribution in [-0.2, 0) is 21.1 Å². The molecule has 1 aliphatic heterocycles. The summed E-state index contributed by atoms with van der Waals surface area (Å²) < 4.78 is 22.8. The fraction of sp³-hybridized carbons (Fsp3) is 0.812. The highest BCUT2D eigenvalue weighted by Gasteiger charge is 2.29. The second-order valence-electron chi connectivity index (χ2n) is 6.54. The second kappa shape index (κ2) is 9.46. The van der Waals surface area contributed by atoms with Crippen LogP contribution in [0, 0.1) is 5.92 Å². The Hall–Kier alpha value is -1.02. The Morgan fingerprint density at radius 3 is 2.67 bits per heavy atom. The highest BCUT2D eigenvalue weighted by molar-refractivity contribution is 7.91. The summed E-state index contributed by atoms with van der Waals surface area (Å²) in [4.78, 5) is 12.0. The van der Waals surface area contributed by atoms with Crippen molar-refractivity contribution >= 4 is 32.2 Å². The Balaban J connectivity index is 1.66. The summed E-state index contributed by atoms with van der Waals surface area (Å²) >= 11 is 1.41. The van der Waals surface area contributed by atoms with Crippen LogP contribution in [0.2, 0.25) is 0 Å². The van der Waals surface area contributed by atoms with Crippen LogP contribution < -0.4 is 5.32 Å². The van der Waals surface area contributed by atoms with Gasteiger partial charge in [0.25, 0.3) is 0 Å². The summed E-state index contributed by atoms with van der Waals surface area (Å²) in [6.45, 7) is 2.21. The average molecular weight is 374 g/mol. The molecule has 1 fully saturated rings. The molecule has 0 bridgehead atoms. The lowest BCUT2D eigenvalue weighted by Gasteiger charge is -2.05. The number of hydrogen-bond acceptors (Lipinski definition) is 6. The van der Waals surface area contributed by atoms with Crippen LogP contribution in [0.1, 0.15) is 63.3 Å².